The molecule has 2 rings (SSSR count). The van der Waals surface area contributed by atoms with Crippen molar-refractivity contribution in [1.82, 2.24) is 4.90 Å². The minimum absolute atomic E-state index is 0.116. The Kier molecular flexibility index (Phi) is 3.31. The Morgan fingerprint density at radius 2 is 2.00 bits per heavy atom. The highest BCUT2D eigenvalue weighted by Gasteiger charge is 2.40. The lowest BCUT2D eigenvalue weighted by Gasteiger charge is -2.35. The van der Waals surface area contributed by atoms with Gasteiger partial charge < -0.3 is 5.11 Å². The van der Waals surface area contributed by atoms with Crippen LogP contribution in [0.2, 0.25) is 0 Å². The van der Waals surface area contributed by atoms with Crippen LogP contribution >= 0.6 is 0 Å². The molecule has 0 aromatic heterocycles. The van der Waals surface area contributed by atoms with Gasteiger partial charge in [-0.3, -0.25) is 4.90 Å². The van der Waals surface area contributed by atoms with Crippen LogP contribution in [0, 0.1) is 5.92 Å². The van der Waals surface area contributed by atoms with E-state index in [1.807, 2.05) is 0 Å². The second-order valence-electron chi connectivity index (χ2n) is 5.23. The highest BCUT2D eigenvalue weighted by Crippen LogP contribution is 2.35. The molecule has 1 aliphatic heterocycles. The van der Waals surface area contributed by atoms with Gasteiger partial charge in [0, 0.05) is 24.6 Å². The highest BCUT2D eigenvalue weighted by atomic mass is 16.3. The lowest BCUT2D eigenvalue weighted by molar-refractivity contribution is 0.0947. The summed E-state index contributed by atoms with van der Waals surface area (Å²) in [6.07, 6.45) is 1.11. The predicted octanol–water partition coefficient (Wildman–Crippen LogP) is 2.28. The van der Waals surface area contributed by atoms with Crippen LogP contribution in [0.4, 0.5) is 0 Å². The highest BCUT2D eigenvalue weighted by molar-refractivity contribution is 5.15. The smallest absolute Gasteiger partial charge is 0.0477 e. The number of aliphatic hydroxyl groups is 1. The first-order valence-electron chi connectivity index (χ1n) is 6.04. The molecule has 0 spiro atoms. The fourth-order valence-electron chi connectivity index (χ4n) is 2.61. The third-order valence-electron chi connectivity index (χ3n) is 4.00. The normalized spacial score (nSPS) is 24.8. The summed E-state index contributed by atoms with van der Waals surface area (Å²) in [5.41, 5.74) is 1.47. The second kappa shape index (κ2) is 4.56. The van der Waals surface area contributed by atoms with Crippen molar-refractivity contribution in [2.24, 2.45) is 5.92 Å². The molecule has 0 bridgehead atoms. The molecule has 1 unspecified atom stereocenters. The van der Waals surface area contributed by atoms with E-state index in [2.05, 4.69) is 49.1 Å². The Hall–Kier alpha value is -0.860. The zero-order valence-corrected chi connectivity index (χ0v) is 10.2. The van der Waals surface area contributed by atoms with Gasteiger partial charge in [0.25, 0.3) is 0 Å². The zero-order chi connectivity index (χ0) is 11.6. The molecule has 0 radical (unpaired) electrons. The fourth-order valence-corrected chi connectivity index (χ4v) is 2.61. The molecule has 1 saturated heterocycles. The van der Waals surface area contributed by atoms with Gasteiger partial charge in [-0.15, -0.1) is 0 Å². The SMILES string of the molecule is CC1(C)C(CO)CCN1Cc1ccccc1. The average Bonchev–Trinajstić information content (AvgIpc) is 2.56. The molecule has 0 aliphatic carbocycles. The predicted molar refractivity (Wildman–Crippen MR) is 66.1 cm³/mol. The molecule has 1 aromatic carbocycles. The van der Waals surface area contributed by atoms with Gasteiger partial charge in [-0.25, -0.2) is 0 Å². The third kappa shape index (κ3) is 2.13. The molecular weight excluding hydrogens is 198 g/mol. The van der Waals surface area contributed by atoms with Gasteiger partial charge in [0.1, 0.15) is 0 Å². The summed E-state index contributed by atoms with van der Waals surface area (Å²) < 4.78 is 0. The van der Waals surface area contributed by atoms with Crippen molar-refractivity contribution in [3.63, 3.8) is 0 Å². The number of likely N-dealkylation sites (tertiary alicyclic amines) is 1. The standard InChI is InChI=1S/C14H21NO/c1-14(2)13(11-16)8-9-15(14)10-12-6-4-3-5-7-12/h3-7,13,16H,8-11H2,1-2H3. The minimum Gasteiger partial charge on any atom is -0.396 e. The Balaban J connectivity index is 2.07. The molecule has 1 N–H and O–H groups in total. The maximum Gasteiger partial charge on any atom is 0.0477 e. The van der Waals surface area contributed by atoms with Crippen LogP contribution in [-0.2, 0) is 6.54 Å². The number of nitrogens with zero attached hydrogens (tertiary/aromatic N) is 1. The summed E-state index contributed by atoms with van der Waals surface area (Å²) in [7, 11) is 0. The second-order valence-corrected chi connectivity index (χ2v) is 5.23. The number of hydrogen-bond donors (Lipinski definition) is 1. The monoisotopic (exact) mass is 219 g/mol. The molecule has 88 valence electrons. The topological polar surface area (TPSA) is 23.5 Å². The molecule has 1 aliphatic rings. The van der Waals surface area contributed by atoms with Crippen molar-refractivity contribution >= 4 is 0 Å². The molecule has 2 nitrogen and oxygen atoms in total. The van der Waals surface area contributed by atoms with E-state index < -0.39 is 0 Å². The van der Waals surface area contributed by atoms with Crippen molar-refractivity contribution in [2.75, 3.05) is 13.2 Å². The first kappa shape index (κ1) is 11.6. The number of rotatable bonds is 3. The van der Waals surface area contributed by atoms with Gasteiger partial charge in [0.05, 0.1) is 0 Å². The molecule has 0 amide bonds. The molecule has 1 fully saturated rings. The quantitative estimate of drug-likeness (QED) is 0.843. The summed E-state index contributed by atoms with van der Waals surface area (Å²) in [5, 5.41) is 9.36. The van der Waals surface area contributed by atoms with Gasteiger partial charge >= 0.3 is 0 Å². The van der Waals surface area contributed by atoms with E-state index in [4.69, 9.17) is 0 Å². The Morgan fingerprint density at radius 1 is 1.31 bits per heavy atom. The van der Waals surface area contributed by atoms with Crippen LogP contribution in [0.5, 0.6) is 0 Å². The van der Waals surface area contributed by atoms with Crippen LogP contribution in [0.25, 0.3) is 0 Å². The van der Waals surface area contributed by atoms with E-state index >= 15 is 0 Å². The molecule has 2 heteroatoms. The average molecular weight is 219 g/mol. The van der Waals surface area contributed by atoms with Crippen molar-refractivity contribution in [2.45, 2.75) is 32.4 Å². The van der Waals surface area contributed by atoms with Crippen molar-refractivity contribution in [1.29, 1.82) is 0 Å². The lowest BCUT2D eigenvalue weighted by atomic mass is 9.89. The lowest BCUT2D eigenvalue weighted by Crippen LogP contribution is -2.43. The number of hydrogen-bond acceptors (Lipinski definition) is 2. The van der Waals surface area contributed by atoms with Gasteiger partial charge in [-0.1, -0.05) is 30.3 Å². The van der Waals surface area contributed by atoms with E-state index in [1.165, 1.54) is 5.56 Å². The summed E-state index contributed by atoms with van der Waals surface area (Å²) in [6, 6.07) is 10.6. The first-order valence-corrected chi connectivity index (χ1v) is 6.04. The van der Waals surface area contributed by atoms with Gasteiger partial charge in [0.2, 0.25) is 0 Å². The van der Waals surface area contributed by atoms with E-state index in [0.29, 0.717) is 12.5 Å². The maximum atomic E-state index is 9.36. The fraction of sp³-hybridized carbons (Fsp3) is 0.571. The van der Waals surface area contributed by atoms with Crippen LogP contribution < -0.4 is 0 Å². The molecule has 16 heavy (non-hydrogen) atoms. The molecule has 0 saturated carbocycles. The van der Waals surface area contributed by atoms with Crippen LogP contribution in [-0.4, -0.2) is 28.7 Å². The Morgan fingerprint density at radius 3 is 2.56 bits per heavy atom. The minimum atomic E-state index is 0.116. The third-order valence-corrected chi connectivity index (χ3v) is 4.00. The molecule has 1 heterocycles. The van der Waals surface area contributed by atoms with Crippen molar-refractivity contribution < 1.29 is 5.11 Å². The summed E-state index contributed by atoms with van der Waals surface area (Å²) in [4.78, 5) is 2.48. The van der Waals surface area contributed by atoms with Crippen LogP contribution in [0.1, 0.15) is 25.8 Å². The summed E-state index contributed by atoms with van der Waals surface area (Å²) in [5.74, 6) is 0.413. The Bertz CT molecular complexity index is 334. The molecule has 1 aromatic rings. The molecule has 1 atom stereocenters. The van der Waals surface area contributed by atoms with Crippen LogP contribution in [0.15, 0.2) is 30.3 Å². The van der Waals surface area contributed by atoms with Crippen molar-refractivity contribution in [3.05, 3.63) is 35.9 Å². The zero-order valence-electron chi connectivity index (χ0n) is 10.2. The molecular formula is C14H21NO. The van der Waals surface area contributed by atoms with E-state index in [0.717, 1.165) is 19.5 Å². The van der Waals surface area contributed by atoms with E-state index in [1.54, 1.807) is 0 Å². The van der Waals surface area contributed by atoms with Gasteiger partial charge in [-0.05, 0) is 32.4 Å². The first-order chi connectivity index (χ1) is 7.64. The Labute approximate surface area is 97.9 Å². The summed E-state index contributed by atoms with van der Waals surface area (Å²) in [6.45, 7) is 6.86. The van der Waals surface area contributed by atoms with E-state index in [-0.39, 0.29) is 5.54 Å². The van der Waals surface area contributed by atoms with Crippen molar-refractivity contribution in [3.8, 4) is 0 Å². The number of aliphatic hydroxyl groups excluding tert-OH is 1. The number of benzene rings is 1. The largest absolute Gasteiger partial charge is 0.396 e. The van der Waals surface area contributed by atoms with Gasteiger partial charge in [0.15, 0.2) is 0 Å². The van der Waals surface area contributed by atoms with Gasteiger partial charge in [-0.2, -0.15) is 0 Å². The van der Waals surface area contributed by atoms with E-state index in [9.17, 15) is 5.11 Å². The van der Waals surface area contributed by atoms with Crippen LogP contribution in [0.3, 0.4) is 0 Å². The maximum absolute atomic E-state index is 9.36. The summed E-state index contributed by atoms with van der Waals surface area (Å²) >= 11 is 0.